The number of hydrogen-bond acceptors (Lipinski definition) is 5. The smallest absolute Gasteiger partial charge is 0.220 e. The normalized spacial score (nSPS) is 17.1. The number of aliphatic hydroxyl groups is 1. The molecule has 0 bridgehead atoms. The molecule has 0 aliphatic heterocycles. The Morgan fingerprint density at radius 1 is 1.56 bits per heavy atom. The van der Waals surface area contributed by atoms with E-state index in [4.69, 9.17) is 9.63 Å². The fraction of sp³-hybridized carbons (Fsp3) is 0.727. The van der Waals surface area contributed by atoms with Crippen LogP contribution >= 0.6 is 0 Å². The van der Waals surface area contributed by atoms with Crippen LogP contribution in [0.25, 0.3) is 0 Å². The maximum absolute atomic E-state index is 12.3. The van der Waals surface area contributed by atoms with Gasteiger partial charge < -0.3 is 9.63 Å². The van der Waals surface area contributed by atoms with Crippen molar-refractivity contribution in [1.82, 2.24) is 9.46 Å². The van der Waals surface area contributed by atoms with Crippen LogP contribution in [0.1, 0.15) is 30.7 Å². The van der Waals surface area contributed by atoms with E-state index >= 15 is 0 Å². The number of sulfonamides is 1. The molecule has 6 nitrogen and oxygen atoms in total. The minimum atomic E-state index is -3.43. The summed E-state index contributed by atoms with van der Waals surface area (Å²) in [7, 11) is -3.43. The van der Waals surface area contributed by atoms with Crippen molar-refractivity contribution in [3.63, 3.8) is 0 Å². The van der Waals surface area contributed by atoms with Crippen molar-refractivity contribution in [2.45, 2.75) is 38.0 Å². The van der Waals surface area contributed by atoms with Crippen molar-refractivity contribution in [1.29, 1.82) is 0 Å². The van der Waals surface area contributed by atoms with Gasteiger partial charge in [-0.3, -0.25) is 0 Å². The van der Waals surface area contributed by atoms with E-state index in [9.17, 15) is 8.42 Å². The lowest BCUT2D eigenvalue weighted by atomic mass is 9.93. The summed E-state index contributed by atoms with van der Waals surface area (Å²) >= 11 is 0. The van der Waals surface area contributed by atoms with E-state index in [2.05, 4.69) is 5.16 Å². The van der Waals surface area contributed by atoms with Gasteiger partial charge in [0.15, 0.2) is 0 Å². The molecule has 1 aromatic heterocycles. The standard InChI is InChI=1S/C11H18N2O4S/c1-9-7-10(12-17-9)8-18(15,16)13(5-6-14)11-3-2-4-11/h7,11,14H,2-6,8H2,1H3. The van der Waals surface area contributed by atoms with Crippen LogP contribution in [0.4, 0.5) is 0 Å². The molecule has 2 rings (SSSR count). The van der Waals surface area contributed by atoms with E-state index in [1.807, 2.05) is 0 Å². The summed E-state index contributed by atoms with van der Waals surface area (Å²) in [6.07, 6.45) is 2.79. The molecule has 1 saturated carbocycles. The number of rotatable bonds is 6. The lowest BCUT2D eigenvalue weighted by Gasteiger charge is -2.36. The van der Waals surface area contributed by atoms with Crippen LogP contribution in [0.2, 0.25) is 0 Å². The largest absolute Gasteiger partial charge is 0.395 e. The molecule has 0 unspecified atom stereocenters. The maximum Gasteiger partial charge on any atom is 0.220 e. The monoisotopic (exact) mass is 274 g/mol. The van der Waals surface area contributed by atoms with Crippen LogP contribution in [0.15, 0.2) is 10.6 Å². The highest BCUT2D eigenvalue weighted by Gasteiger charge is 2.33. The summed E-state index contributed by atoms with van der Waals surface area (Å²) in [6.45, 7) is 1.72. The maximum atomic E-state index is 12.3. The summed E-state index contributed by atoms with van der Waals surface area (Å²) < 4.78 is 30.8. The molecule has 1 aliphatic rings. The van der Waals surface area contributed by atoms with Crippen molar-refractivity contribution in [2.24, 2.45) is 0 Å². The van der Waals surface area contributed by atoms with E-state index in [0.29, 0.717) is 11.5 Å². The second kappa shape index (κ2) is 5.38. The van der Waals surface area contributed by atoms with Gasteiger partial charge in [-0.25, -0.2) is 8.42 Å². The molecule has 0 saturated heterocycles. The van der Waals surface area contributed by atoms with Gasteiger partial charge in [-0.05, 0) is 19.8 Å². The topological polar surface area (TPSA) is 83.6 Å². The Kier molecular flexibility index (Phi) is 4.04. The zero-order valence-corrected chi connectivity index (χ0v) is 11.2. The van der Waals surface area contributed by atoms with E-state index in [-0.39, 0.29) is 24.9 Å². The van der Waals surface area contributed by atoms with Gasteiger partial charge in [0.05, 0.1) is 6.61 Å². The molecular weight excluding hydrogens is 256 g/mol. The number of hydrogen-bond donors (Lipinski definition) is 1. The third-order valence-electron chi connectivity index (χ3n) is 3.17. The summed E-state index contributed by atoms with van der Waals surface area (Å²) in [6, 6.07) is 1.66. The van der Waals surface area contributed by atoms with Gasteiger partial charge in [0, 0.05) is 18.7 Å². The number of aryl methyl sites for hydroxylation is 1. The van der Waals surface area contributed by atoms with Gasteiger partial charge in [0.1, 0.15) is 17.2 Å². The van der Waals surface area contributed by atoms with Gasteiger partial charge in [-0.1, -0.05) is 11.6 Å². The Morgan fingerprint density at radius 2 is 2.28 bits per heavy atom. The predicted molar refractivity (Wildman–Crippen MR) is 65.3 cm³/mol. The summed E-state index contributed by atoms with van der Waals surface area (Å²) in [5, 5.41) is 12.7. The third kappa shape index (κ3) is 2.90. The molecule has 7 heteroatoms. The molecular formula is C11H18N2O4S. The molecule has 0 atom stereocenters. The molecule has 0 aromatic carbocycles. The predicted octanol–water partition coefficient (Wildman–Crippen LogP) is 0.660. The van der Waals surface area contributed by atoms with Crippen molar-refractivity contribution < 1.29 is 18.0 Å². The van der Waals surface area contributed by atoms with Crippen molar-refractivity contribution in [3.8, 4) is 0 Å². The van der Waals surface area contributed by atoms with Gasteiger partial charge in [0.25, 0.3) is 0 Å². The summed E-state index contributed by atoms with van der Waals surface area (Å²) in [5.74, 6) is 0.429. The average Bonchev–Trinajstić information content (AvgIpc) is 2.60. The highest BCUT2D eigenvalue weighted by molar-refractivity contribution is 7.88. The Morgan fingerprint density at radius 3 is 2.72 bits per heavy atom. The van der Waals surface area contributed by atoms with Crippen LogP contribution < -0.4 is 0 Å². The molecule has 0 radical (unpaired) electrons. The molecule has 18 heavy (non-hydrogen) atoms. The number of aromatic nitrogens is 1. The molecule has 0 spiro atoms. The Hall–Kier alpha value is -0.920. The first-order valence-corrected chi connectivity index (χ1v) is 7.66. The molecule has 102 valence electrons. The van der Waals surface area contributed by atoms with Gasteiger partial charge >= 0.3 is 0 Å². The van der Waals surface area contributed by atoms with Gasteiger partial charge in [-0.2, -0.15) is 4.31 Å². The van der Waals surface area contributed by atoms with Crippen LogP contribution in [-0.4, -0.2) is 42.2 Å². The van der Waals surface area contributed by atoms with E-state index in [1.54, 1.807) is 13.0 Å². The Balaban J connectivity index is 2.11. The van der Waals surface area contributed by atoms with E-state index in [0.717, 1.165) is 19.3 Å². The van der Waals surface area contributed by atoms with Crippen LogP contribution in [-0.2, 0) is 15.8 Å². The first-order valence-electron chi connectivity index (χ1n) is 6.05. The molecule has 1 N–H and O–H groups in total. The van der Waals surface area contributed by atoms with Crippen molar-refractivity contribution in [3.05, 3.63) is 17.5 Å². The zero-order valence-electron chi connectivity index (χ0n) is 10.4. The Labute approximate surface area is 107 Å². The Bertz CT molecular complexity index is 493. The first-order chi connectivity index (χ1) is 8.53. The van der Waals surface area contributed by atoms with Crippen LogP contribution in [0.5, 0.6) is 0 Å². The highest BCUT2D eigenvalue weighted by atomic mass is 32.2. The van der Waals surface area contributed by atoms with Crippen molar-refractivity contribution in [2.75, 3.05) is 13.2 Å². The van der Waals surface area contributed by atoms with Crippen LogP contribution in [0, 0.1) is 6.92 Å². The van der Waals surface area contributed by atoms with Gasteiger partial charge in [-0.15, -0.1) is 0 Å². The lowest BCUT2D eigenvalue weighted by molar-refractivity contribution is 0.178. The lowest BCUT2D eigenvalue weighted by Crippen LogP contribution is -2.46. The minimum absolute atomic E-state index is 0.0372. The average molecular weight is 274 g/mol. The van der Waals surface area contributed by atoms with E-state index in [1.165, 1.54) is 4.31 Å². The minimum Gasteiger partial charge on any atom is -0.395 e. The fourth-order valence-electron chi connectivity index (χ4n) is 2.08. The molecule has 1 heterocycles. The fourth-order valence-corrected chi connectivity index (χ4v) is 3.78. The molecule has 1 fully saturated rings. The molecule has 0 amide bonds. The second-order valence-corrected chi connectivity index (χ2v) is 6.53. The number of nitrogens with zero attached hydrogens (tertiary/aromatic N) is 2. The van der Waals surface area contributed by atoms with Gasteiger partial charge in [0.2, 0.25) is 10.0 Å². The quantitative estimate of drug-likeness (QED) is 0.824. The number of aliphatic hydroxyl groups excluding tert-OH is 1. The third-order valence-corrected chi connectivity index (χ3v) is 5.02. The SMILES string of the molecule is Cc1cc(CS(=O)(=O)N(CCO)C2CCC2)no1. The zero-order chi connectivity index (χ0) is 13.2. The second-order valence-electron chi connectivity index (χ2n) is 4.60. The van der Waals surface area contributed by atoms with Crippen molar-refractivity contribution >= 4 is 10.0 Å². The van der Waals surface area contributed by atoms with Crippen LogP contribution in [0.3, 0.4) is 0 Å². The summed E-state index contributed by atoms with van der Waals surface area (Å²) in [4.78, 5) is 0. The first kappa shape index (κ1) is 13.5. The highest BCUT2D eigenvalue weighted by Crippen LogP contribution is 2.28. The van der Waals surface area contributed by atoms with E-state index < -0.39 is 10.0 Å². The molecule has 1 aromatic rings. The molecule has 1 aliphatic carbocycles. The summed E-state index contributed by atoms with van der Waals surface area (Å²) in [5.41, 5.74) is 0.412.